The van der Waals surface area contributed by atoms with Crippen molar-refractivity contribution in [3.8, 4) is 0 Å². The zero-order valence-electron chi connectivity index (χ0n) is 8.70. The molecule has 2 rings (SSSR count). The number of carboxylic acid groups (broad SMARTS) is 1. The van der Waals surface area contributed by atoms with E-state index in [1.165, 1.54) is 35.4 Å². The lowest BCUT2D eigenvalue weighted by atomic mass is 10.2. The molecule has 0 aliphatic heterocycles. The van der Waals surface area contributed by atoms with Gasteiger partial charge in [0, 0.05) is 18.1 Å². The molecule has 2 N–H and O–H groups in total. The molecule has 2 aromatic rings. The summed E-state index contributed by atoms with van der Waals surface area (Å²) >= 11 is 0. The van der Waals surface area contributed by atoms with E-state index in [0.29, 0.717) is 5.69 Å². The average Bonchev–Trinajstić information content (AvgIpc) is 2.82. The maximum atomic E-state index is 11.6. The fourth-order valence-electron chi connectivity index (χ4n) is 1.30. The molecule has 1 aromatic carbocycles. The van der Waals surface area contributed by atoms with Crippen molar-refractivity contribution in [2.45, 2.75) is 0 Å². The monoisotopic (exact) mass is 231 g/mol. The number of amides is 1. The van der Waals surface area contributed by atoms with E-state index in [9.17, 15) is 9.59 Å². The fourth-order valence-corrected chi connectivity index (χ4v) is 1.30. The van der Waals surface area contributed by atoms with Crippen molar-refractivity contribution in [2.75, 3.05) is 5.32 Å². The Labute approximate surface area is 96.5 Å². The second-order valence-electron chi connectivity index (χ2n) is 3.29. The quantitative estimate of drug-likeness (QED) is 0.823. The fraction of sp³-hybridized carbons (Fsp3) is 0. The molecule has 86 valence electrons. The first-order chi connectivity index (χ1) is 8.16. The molecule has 6 heteroatoms. The predicted octanol–water partition coefficient (Wildman–Crippen LogP) is 1.66. The number of hydrogen-bond acceptors (Lipinski definition) is 3. The smallest absolute Gasteiger partial charge is 0.335 e. The lowest BCUT2D eigenvalue weighted by Crippen LogP contribution is -2.17. The highest BCUT2D eigenvalue weighted by Gasteiger charge is 2.06. The molecule has 0 spiro atoms. The Bertz CT molecular complexity index is 549. The summed E-state index contributed by atoms with van der Waals surface area (Å²) in [5.41, 5.74) is 0.539. The molecule has 0 saturated carbocycles. The largest absolute Gasteiger partial charge is 0.478 e. The van der Waals surface area contributed by atoms with Crippen LogP contribution in [-0.4, -0.2) is 26.7 Å². The van der Waals surface area contributed by atoms with Gasteiger partial charge in [0.25, 0.3) is 0 Å². The van der Waals surface area contributed by atoms with Gasteiger partial charge in [0.05, 0.1) is 5.56 Å². The van der Waals surface area contributed by atoms with Crippen molar-refractivity contribution in [2.24, 2.45) is 0 Å². The first-order valence-electron chi connectivity index (χ1n) is 4.79. The zero-order chi connectivity index (χ0) is 12.3. The number of carbonyl (C=O) groups excluding carboxylic acids is 1. The lowest BCUT2D eigenvalue weighted by molar-refractivity contribution is 0.0697. The number of benzene rings is 1. The topological polar surface area (TPSA) is 84.2 Å². The SMILES string of the molecule is O=C(O)c1cccc(NC(=O)n2ccnc2)c1. The van der Waals surface area contributed by atoms with Gasteiger partial charge >= 0.3 is 12.0 Å². The van der Waals surface area contributed by atoms with Gasteiger partial charge in [-0.25, -0.2) is 14.6 Å². The molecule has 1 aromatic heterocycles. The van der Waals surface area contributed by atoms with Gasteiger partial charge in [-0.1, -0.05) is 6.07 Å². The van der Waals surface area contributed by atoms with Crippen molar-refractivity contribution >= 4 is 17.7 Å². The Balaban J connectivity index is 2.16. The van der Waals surface area contributed by atoms with Crippen LogP contribution in [0.4, 0.5) is 10.5 Å². The normalized spacial score (nSPS) is 9.88. The summed E-state index contributed by atoms with van der Waals surface area (Å²) in [6.45, 7) is 0. The molecule has 0 aliphatic rings. The van der Waals surface area contributed by atoms with E-state index in [2.05, 4.69) is 10.3 Å². The maximum absolute atomic E-state index is 11.6. The van der Waals surface area contributed by atoms with Crippen molar-refractivity contribution in [1.82, 2.24) is 9.55 Å². The summed E-state index contributed by atoms with van der Waals surface area (Å²) in [6, 6.07) is 5.62. The van der Waals surface area contributed by atoms with Crippen molar-refractivity contribution in [3.05, 3.63) is 48.5 Å². The van der Waals surface area contributed by atoms with Crippen molar-refractivity contribution in [1.29, 1.82) is 0 Å². The number of aromatic carboxylic acids is 1. The minimum Gasteiger partial charge on any atom is -0.478 e. The first-order valence-corrected chi connectivity index (χ1v) is 4.79. The maximum Gasteiger partial charge on any atom is 0.335 e. The van der Waals surface area contributed by atoms with Crippen LogP contribution < -0.4 is 5.32 Å². The van der Waals surface area contributed by atoms with Crippen LogP contribution in [0.15, 0.2) is 43.0 Å². The highest BCUT2D eigenvalue weighted by molar-refractivity contribution is 5.93. The van der Waals surface area contributed by atoms with Gasteiger partial charge in [0.15, 0.2) is 0 Å². The lowest BCUT2D eigenvalue weighted by Gasteiger charge is -2.05. The van der Waals surface area contributed by atoms with Crippen LogP contribution in [0.5, 0.6) is 0 Å². The van der Waals surface area contributed by atoms with Crippen LogP contribution in [0.3, 0.4) is 0 Å². The van der Waals surface area contributed by atoms with Crippen molar-refractivity contribution < 1.29 is 14.7 Å². The standard InChI is InChI=1S/C11H9N3O3/c15-10(16)8-2-1-3-9(6-8)13-11(17)14-5-4-12-7-14/h1-7H,(H,13,17)(H,15,16). The number of anilines is 1. The molecule has 0 fully saturated rings. The number of nitrogens with one attached hydrogen (secondary N) is 1. The number of rotatable bonds is 2. The van der Waals surface area contributed by atoms with Crippen LogP contribution >= 0.6 is 0 Å². The van der Waals surface area contributed by atoms with Gasteiger partial charge in [-0.3, -0.25) is 4.57 Å². The molecular weight excluding hydrogens is 222 g/mol. The molecule has 0 unspecified atom stereocenters. The van der Waals surface area contributed by atoms with Crippen molar-refractivity contribution in [3.63, 3.8) is 0 Å². The number of hydrogen-bond donors (Lipinski definition) is 2. The van der Waals surface area contributed by atoms with Crippen LogP contribution in [0, 0.1) is 0 Å². The molecule has 6 nitrogen and oxygen atoms in total. The Morgan fingerprint density at radius 1 is 1.35 bits per heavy atom. The van der Waals surface area contributed by atoms with Gasteiger partial charge in [-0.05, 0) is 18.2 Å². The summed E-state index contributed by atoms with van der Waals surface area (Å²) in [5, 5.41) is 11.4. The number of aromatic nitrogens is 2. The third-order valence-electron chi connectivity index (χ3n) is 2.10. The average molecular weight is 231 g/mol. The van der Waals surface area contributed by atoms with E-state index in [0.717, 1.165) is 0 Å². The van der Waals surface area contributed by atoms with Gasteiger partial charge in [-0.2, -0.15) is 0 Å². The van der Waals surface area contributed by atoms with E-state index in [1.807, 2.05) is 0 Å². The summed E-state index contributed by atoms with van der Waals surface area (Å²) in [4.78, 5) is 26.1. The highest BCUT2D eigenvalue weighted by Crippen LogP contribution is 2.10. The Morgan fingerprint density at radius 3 is 2.82 bits per heavy atom. The van der Waals surface area contributed by atoms with Gasteiger partial charge in [0.2, 0.25) is 0 Å². The summed E-state index contributed by atoms with van der Waals surface area (Å²) < 4.78 is 1.26. The molecule has 0 aliphatic carbocycles. The third kappa shape index (κ3) is 2.49. The molecular formula is C11H9N3O3. The van der Waals surface area contributed by atoms with E-state index in [-0.39, 0.29) is 5.56 Å². The van der Waals surface area contributed by atoms with Gasteiger partial charge in [-0.15, -0.1) is 0 Å². The third-order valence-corrected chi connectivity index (χ3v) is 2.10. The number of carbonyl (C=O) groups is 2. The first kappa shape index (κ1) is 10.9. The molecule has 1 heterocycles. The Hall–Kier alpha value is -2.63. The predicted molar refractivity (Wildman–Crippen MR) is 60.0 cm³/mol. The molecule has 0 bridgehead atoms. The summed E-state index contributed by atoms with van der Waals surface area (Å²) in [7, 11) is 0. The van der Waals surface area contributed by atoms with Gasteiger partial charge in [0.1, 0.15) is 6.33 Å². The minimum atomic E-state index is -1.04. The number of nitrogens with zero attached hydrogens (tertiary/aromatic N) is 2. The van der Waals surface area contributed by atoms with E-state index in [1.54, 1.807) is 12.1 Å². The Kier molecular flexibility index (Phi) is 2.87. The van der Waals surface area contributed by atoms with Gasteiger partial charge < -0.3 is 10.4 Å². The molecule has 0 saturated heterocycles. The molecule has 1 amide bonds. The van der Waals surface area contributed by atoms with E-state index < -0.39 is 12.0 Å². The molecule has 0 radical (unpaired) electrons. The van der Waals surface area contributed by atoms with E-state index >= 15 is 0 Å². The number of imidazole rings is 1. The molecule has 17 heavy (non-hydrogen) atoms. The van der Waals surface area contributed by atoms with E-state index in [4.69, 9.17) is 5.11 Å². The Morgan fingerprint density at radius 2 is 2.18 bits per heavy atom. The second kappa shape index (κ2) is 4.48. The highest BCUT2D eigenvalue weighted by atomic mass is 16.4. The van der Waals surface area contributed by atoms with Crippen LogP contribution in [0.2, 0.25) is 0 Å². The second-order valence-corrected chi connectivity index (χ2v) is 3.29. The molecule has 0 atom stereocenters. The number of carboxylic acids is 1. The van der Waals surface area contributed by atoms with Crippen LogP contribution in [0.1, 0.15) is 10.4 Å². The van der Waals surface area contributed by atoms with Crippen LogP contribution in [-0.2, 0) is 0 Å². The summed E-state index contributed by atoms with van der Waals surface area (Å²) in [5.74, 6) is -1.04. The summed E-state index contributed by atoms with van der Waals surface area (Å²) in [6.07, 6.45) is 4.33. The minimum absolute atomic E-state index is 0.119. The van der Waals surface area contributed by atoms with Crippen LogP contribution in [0.25, 0.3) is 0 Å². The zero-order valence-corrected chi connectivity index (χ0v) is 8.70.